The van der Waals surface area contributed by atoms with E-state index in [4.69, 9.17) is 10.5 Å². The van der Waals surface area contributed by atoms with Gasteiger partial charge in [-0.15, -0.1) is 23.1 Å². The van der Waals surface area contributed by atoms with Crippen LogP contribution in [0.15, 0.2) is 29.2 Å². The minimum absolute atomic E-state index is 0.0635. The van der Waals surface area contributed by atoms with Crippen molar-refractivity contribution >= 4 is 39.9 Å². The van der Waals surface area contributed by atoms with Crippen LogP contribution in [-0.2, 0) is 17.6 Å². The molecule has 27 heavy (non-hydrogen) atoms. The van der Waals surface area contributed by atoms with Crippen molar-refractivity contribution in [1.82, 2.24) is 0 Å². The van der Waals surface area contributed by atoms with Gasteiger partial charge in [0.15, 0.2) is 0 Å². The molecule has 1 aromatic heterocycles. The molecule has 2 amide bonds. The molecule has 0 saturated carbocycles. The number of nitrogens with one attached hydrogen (secondary N) is 1. The van der Waals surface area contributed by atoms with Gasteiger partial charge in [0, 0.05) is 16.2 Å². The van der Waals surface area contributed by atoms with Crippen molar-refractivity contribution in [3.8, 4) is 5.75 Å². The smallest absolute Gasteiger partial charge is 0.251 e. The molecule has 7 heteroatoms. The highest BCUT2D eigenvalue weighted by molar-refractivity contribution is 7.99. The van der Waals surface area contributed by atoms with Crippen molar-refractivity contribution in [2.45, 2.75) is 43.4 Å². The first-order valence-electron chi connectivity index (χ1n) is 9.09. The van der Waals surface area contributed by atoms with Gasteiger partial charge < -0.3 is 15.8 Å². The average Bonchev–Trinajstić information content (AvgIpc) is 3.03. The Morgan fingerprint density at radius 2 is 1.96 bits per heavy atom. The maximum Gasteiger partial charge on any atom is 0.251 e. The molecule has 1 heterocycles. The number of primary amides is 1. The fraction of sp³-hybridized carbons (Fsp3) is 0.400. The largest absolute Gasteiger partial charge is 0.497 e. The van der Waals surface area contributed by atoms with Gasteiger partial charge in [-0.05, 0) is 67.7 Å². The molecule has 144 valence electrons. The molecule has 0 radical (unpaired) electrons. The first-order chi connectivity index (χ1) is 13.1. The Labute approximate surface area is 167 Å². The van der Waals surface area contributed by atoms with E-state index in [-0.39, 0.29) is 5.91 Å². The van der Waals surface area contributed by atoms with E-state index >= 15 is 0 Å². The Morgan fingerprint density at radius 3 is 2.67 bits per heavy atom. The number of carbonyl (C=O) groups is 2. The van der Waals surface area contributed by atoms with Crippen LogP contribution in [0.3, 0.4) is 0 Å². The van der Waals surface area contributed by atoms with Crippen LogP contribution in [0.1, 0.15) is 46.5 Å². The number of hydrogen-bond acceptors (Lipinski definition) is 5. The minimum atomic E-state index is -0.445. The van der Waals surface area contributed by atoms with Crippen LogP contribution in [0.25, 0.3) is 0 Å². The number of nitrogens with two attached hydrogens (primary N) is 1. The second-order valence-corrected chi connectivity index (χ2v) is 8.73. The molecular weight excluding hydrogens is 380 g/mol. The summed E-state index contributed by atoms with van der Waals surface area (Å²) in [7, 11) is 1.65. The van der Waals surface area contributed by atoms with Crippen LogP contribution in [0, 0.1) is 0 Å². The molecule has 0 spiro atoms. The van der Waals surface area contributed by atoms with Gasteiger partial charge in [0.2, 0.25) is 5.91 Å². The zero-order valence-electron chi connectivity index (χ0n) is 15.4. The fourth-order valence-corrected chi connectivity index (χ4v) is 5.36. The summed E-state index contributed by atoms with van der Waals surface area (Å²) in [5.74, 6) is 1.18. The lowest BCUT2D eigenvalue weighted by Crippen LogP contribution is -2.18. The molecule has 0 saturated heterocycles. The predicted octanol–water partition coefficient (Wildman–Crippen LogP) is 4.25. The summed E-state index contributed by atoms with van der Waals surface area (Å²) in [6.07, 6.45) is 5.22. The Kier molecular flexibility index (Phi) is 6.79. The second-order valence-electron chi connectivity index (χ2n) is 6.45. The number of carbonyl (C=O) groups excluding carboxylic acids is 2. The van der Waals surface area contributed by atoms with Gasteiger partial charge in [-0.3, -0.25) is 9.59 Å². The Morgan fingerprint density at radius 1 is 1.22 bits per heavy atom. The molecule has 0 bridgehead atoms. The van der Waals surface area contributed by atoms with Crippen molar-refractivity contribution < 1.29 is 14.3 Å². The molecule has 0 unspecified atom stereocenters. The number of fused-ring (bicyclic) bond motifs is 1. The molecule has 1 aromatic carbocycles. The van der Waals surface area contributed by atoms with E-state index in [0.29, 0.717) is 17.0 Å². The third-order valence-corrected chi connectivity index (χ3v) is 6.85. The number of thiophene rings is 1. The number of aryl methyl sites for hydroxylation is 1. The van der Waals surface area contributed by atoms with E-state index < -0.39 is 5.91 Å². The highest BCUT2D eigenvalue weighted by Gasteiger charge is 2.24. The summed E-state index contributed by atoms with van der Waals surface area (Å²) < 4.78 is 5.15. The molecule has 1 aliphatic carbocycles. The van der Waals surface area contributed by atoms with Gasteiger partial charge in [0.25, 0.3) is 5.91 Å². The second kappa shape index (κ2) is 9.28. The molecule has 3 N–H and O–H groups in total. The molecule has 0 fully saturated rings. The Balaban J connectivity index is 1.50. The van der Waals surface area contributed by atoms with E-state index in [1.807, 2.05) is 24.3 Å². The normalized spacial score (nSPS) is 13.1. The van der Waals surface area contributed by atoms with Gasteiger partial charge in [0.1, 0.15) is 10.8 Å². The number of ether oxygens (including phenoxy) is 1. The van der Waals surface area contributed by atoms with Crippen LogP contribution in [0.5, 0.6) is 5.75 Å². The van der Waals surface area contributed by atoms with Crippen LogP contribution in [0.4, 0.5) is 5.00 Å². The maximum absolute atomic E-state index is 12.3. The molecule has 0 aliphatic heterocycles. The van der Waals surface area contributed by atoms with Crippen LogP contribution < -0.4 is 15.8 Å². The van der Waals surface area contributed by atoms with Gasteiger partial charge in [-0.1, -0.05) is 0 Å². The topological polar surface area (TPSA) is 81.4 Å². The quantitative estimate of drug-likeness (QED) is 0.509. The number of hydrogen-bond donors (Lipinski definition) is 2. The van der Waals surface area contributed by atoms with Crippen molar-refractivity contribution in [2.24, 2.45) is 5.73 Å². The highest BCUT2D eigenvalue weighted by Crippen LogP contribution is 2.38. The van der Waals surface area contributed by atoms with Gasteiger partial charge in [-0.2, -0.15) is 0 Å². The van der Waals surface area contributed by atoms with Gasteiger partial charge >= 0.3 is 0 Å². The van der Waals surface area contributed by atoms with E-state index in [9.17, 15) is 9.59 Å². The van der Waals surface area contributed by atoms with Crippen LogP contribution in [-0.4, -0.2) is 24.7 Å². The van der Waals surface area contributed by atoms with E-state index in [1.54, 1.807) is 18.9 Å². The average molecular weight is 405 g/mol. The summed E-state index contributed by atoms with van der Waals surface area (Å²) in [6.45, 7) is 0. The fourth-order valence-electron chi connectivity index (χ4n) is 3.20. The molecule has 0 atom stereocenters. The van der Waals surface area contributed by atoms with Crippen LogP contribution >= 0.6 is 23.1 Å². The van der Waals surface area contributed by atoms with Gasteiger partial charge in [-0.25, -0.2) is 0 Å². The molecule has 1 aliphatic rings. The Hall–Kier alpha value is -1.99. The predicted molar refractivity (Wildman–Crippen MR) is 111 cm³/mol. The summed E-state index contributed by atoms with van der Waals surface area (Å²) in [5.41, 5.74) is 7.14. The van der Waals surface area contributed by atoms with Crippen molar-refractivity contribution in [3.63, 3.8) is 0 Å². The first kappa shape index (κ1) is 19.8. The third-order valence-electron chi connectivity index (χ3n) is 4.55. The van der Waals surface area contributed by atoms with Crippen molar-refractivity contribution in [3.05, 3.63) is 40.3 Å². The Bertz CT molecular complexity index is 815. The van der Waals surface area contributed by atoms with E-state index in [2.05, 4.69) is 5.32 Å². The molecular formula is C20H24N2O3S2. The van der Waals surface area contributed by atoms with Crippen molar-refractivity contribution in [2.75, 3.05) is 18.2 Å². The molecule has 3 rings (SSSR count). The monoisotopic (exact) mass is 404 g/mol. The lowest BCUT2D eigenvalue weighted by atomic mass is 9.95. The highest BCUT2D eigenvalue weighted by atomic mass is 32.2. The number of methoxy groups -OCH3 is 1. The summed E-state index contributed by atoms with van der Waals surface area (Å²) in [5, 5.41) is 3.54. The first-order valence-corrected chi connectivity index (χ1v) is 10.9. The third kappa shape index (κ3) is 5.05. The maximum atomic E-state index is 12.3. The zero-order chi connectivity index (χ0) is 19.2. The molecule has 5 nitrogen and oxygen atoms in total. The number of rotatable bonds is 8. The van der Waals surface area contributed by atoms with Crippen molar-refractivity contribution in [1.29, 1.82) is 0 Å². The van der Waals surface area contributed by atoms with Gasteiger partial charge in [0.05, 0.1) is 12.7 Å². The molecule has 2 aromatic rings. The number of amides is 2. The summed E-state index contributed by atoms with van der Waals surface area (Å²) >= 11 is 3.22. The lowest BCUT2D eigenvalue weighted by molar-refractivity contribution is -0.116. The number of anilines is 1. The standard InChI is InChI=1S/C20H24N2O3S2/c1-25-13-8-10-14(11-9-13)26-12-4-7-17(23)22-20-18(19(21)24)15-5-2-3-6-16(15)27-20/h8-11H,2-7,12H2,1H3,(H2,21,24)(H,22,23). The summed E-state index contributed by atoms with van der Waals surface area (Å²) in [6, 6.07) is 7.88. The van der Waals surface area contributed by atoms with E-state index in [1.165, 1.54) is 16.2 Å². The minimum Gasteiger partial charge on any atom is -0.497 e. The number of benzene rings is 1. The van der Waals surface area contributed by atoms with Crippen LogP contribution in [0.2, 0.25) is 0 Å². The van der Waals surface area contributed by atoms with E-state index in [0.717, 1.165) is 54.1 Å². The zero-order valence-corrected chi connectivity index (χ0v) is 17.0. The number of thioether (sulfide) groups is 1. The SMILES string of the molecule is COc1ccc(SCCCC(=O)Nc2sc3c(c2C(N)=O)CCCC3)cc1. The summed E-state index contributed by atoms with van der Waals surface area (Å²) in [4.78, 5) is 26.5. The lowest BCUT2D eigenvalue weighted by Gasteiger charge is -2.11.